The normalized spacial score (nSPS) is 19.5. The van der Waals surface area contributed by atoms with Crippen molar-refractivity contribution in [3.8, 4) is 0 Å². The minimum absolute atomic E-state index is 0.135. The fourth-order valence-corrected chi connectivity index (χ4v) is 3.01. The van der Waals surface area contributed by atoms with Crippen LogP contribution in [0.5, 0.6) is 0 Å². The van der Waals surface area contributed by atoms with Crippen LogP contribution in [0.1, 0.15) is 41.2 Å². The molecule has 0 fully saturated rings. The lowest BCUT2D eigenvalue weighted by Crippen LogP contribution is -2.21. The van der Waals surface area contributed by atoms with E-state index in [1.807, 2.05) is 25.1 Å². The van der Waals surface area contributed by atoms with Gasteiger partial charge in [-0.2, -0.15) is 13.2 Å². The fraction of sp³-hybridized carbons (Fsp3) is 0.333. The third kappa shape index (κ3) is 2.88. The van der Waals surface area contributed by atoms with Crippen LogP contribution in [-0.4, -0.2) is 6.61 Å². The van der Waals surface area contributed by atoms with Gasteiger partial charge in [0.1, 0.15) is 0 Å². The first-order chi connectivity index (χ1) is 10.5. The molecular formula is C18H17F3O. The summed E-state index contributed by atoms with van der Waals surface area (Å²) in [5.74, 6) is -0.135. The van der Waals surface area contributed by atoms with E-state index in [9.17, 15) is 13.2 Å². The highest BCUT2D eigenvalue weighted by molar-refractivity contribution is 5.35. The smallest absolute Gasteiger partial charge is 0.373 e. The van der Waals surface area contributed by atoms with Crippen LogP contribution in [0.3, 0.4) is 0 Å². The van der Waals surface area contributed by atoms with Gasteiger partial charge >= 0.3 is 6.18 Å². The average molecular weight is 306 g/mol. The standard InChI is InChI=1S/C18H17F3O/c1-12(14-6-4-7-15(11-14)18(19,20)21)17-16-8-3-2-5-13(16)9-10-22-17/h2-8,11-12,17H,9-10H2,1H3. The van der Waals surface area contributed by atoms with Gasteiger partial charge in [0.25, 0.3) is 0 Å². The third-order valence-electron chi connectivity index (χ3n) is 4.22. The molecule has 116 valence electrons. The summed E-state index contributed by atoms with van der Waals surface area (Å²) < 4.78 is 44.5. The van der Waals surface area contributed by atoms with Crippen molar-refractivity contribution < 1.29 is 17.9 Å². The van der Waals surface area contributed by atoms with Crippen molar-refractivity contribution in [2.45, 2.75) is 31.5 Å². The van der Waals surface area contributed by atoms with E-state index in [0.29, 0.717) is 12.2 Å². The van der Waals surface area contributed by atoms with Crippen LogP contribution >= 0.6 is 0 Å². The van der Waals surface area contributed by atoms with Crippen molar-refractivity contribution >= 4 is 0 Å². The number of ether oxygens (including phenoxy) is 1. The van der Waals surface area contributed by atoms with E-state index in [-0.39, 0.29) is 12.0 Å². The number of rotatable bonds is 2. The van der Waals surface area contributed by atoms with Crippen molar-refractivity contribution in [2.24, 2.45) is 0 Å². The summed E-state index contributed by atoms with van der Waals surface area (Å²) >= 11 is 0. The molecule has 0 aromatic heterocycles. The Hall–Kier alpha value is -1.81. The monoisotopic (exact) mass is 306 g/mol. The molecule has 0 amide bonds. The molecule has 0 bridgehead atoms. The number of alkyl halides is 3. The number of hydrogen-bond acceptors (Lipinski definition) is 1. The molecule has 0 spiro atoms. The van der Waals surface area contributed by atoms with E-state index < -0.39 is 11.7 Å². The molecule has 2 aromatic rings. The topological polar surface area (TPSA) is 9.23 Å². The van der Waals surface area contributed by atoms with E-state index in [1.165, 1.54) is 17.7 Å². The fourth-order valence-electron chi connectivity index (χ4n) is 3.01. The van der Waals surface area contributed by atoms with Crippen LogP contribution in [0.15, 0.2) is 48.5 Å². The summed E-state index contributed by atoms with van der Waals surface area (Å²) in [4.78, 5) is 0. The van der Waals surface area contributed by atoms with E-state index in [1.54, 1.807) is 6.07 Å². The van der Waals surface area contributed by atoms with Crippen LogP contribution in [0.2, 0.25) is 0 Å². The number of halogens is 3. The summed E-state index contributed by atoms with van der Waals surface area (Å²) in [7, 11) is 0. The van der Waals surface area contributed by atoms with Gasteiger partial charge in [0.2, 0.25) is 0 Å². The van der Waals surface area contributed by atoms with Gasteiger partial charge in [0.15, 0.2) is 0 Å². The van der Waals surface area contributed by atoms with Crippen LogP contribution in [0.4, 0.5) is 13.2 Å². The first-order valence-electron chi connectivity index (χ1n) is 7.33. The second kappa shape index (κ2) is 5.76. The van der Waals surface area contributed by atoms with Gasteiger partial charge in [-0.15, -0.1) is 0 Å². The molecule has 0 radical (unpaired) electrons. The molecule has 3 rings (SSSR count). The lowest BCUT2D eigenvalue weighted by atomic mass is 9.86. The predicted octanol–water partition coefficient (Wildman–Crippen LogP) is 5.12. The summed E-state index contributed by atoms with van der Waals surface area (Å²) in [6, 6.07) is 13.5. The Labute approximate surface area is 127 Å². The Morgan fingerprint density at radius 3 is 2.64 bits per heavy atom. The molecule has 0 saturated heterocycles. The van der Waals surface area contributed by atoms with E-state index in [4.69, 9.17) is 4.74 Å². The number of benzene rings is 2. The van der Waals surface area contributed by atoms with Gasteiger partial charge in [-0.3, -0.25) is 0 Å². The minimum atomic E-state index is -4.32. The molecule has 22 heavy (non-hydrogen) atoms. The second-order valence-corrected chi connectivity index (χ2v) is 5.65. The van der Waals surface area contributed by atoms with Crippen LogP contribution in [0, 0.1) is 0 Å². The van der Waals surface area contributed by atoms with Crippen LogP contribution in [-0.2, 0) is 17.3 Å². The van der Waals surface area contributed by atoms with Crippen molar-refractivity contribution in [3.05, 3.63) is 70.8 Å². The molecule has 1 aliphatic rings. The molecule has 2 atom stereocenters. The largest absolute Gasteiger partial charge is 0.416 e. The molecule has 0 saturated carbocycles. The Morgan fingerprint density at radius 1 is 1.09 bits per heavy atom. The quantitative estimate of drug-likeness (QED) is 0.748. The average Bonchev–Trinajstić information content (AvgIpc) is 2.53. The summed E-state index contributed by atoms with van der Waals surface area (Å²) in [5, 5.41) is 0. The lowest BCUT2D eigenvalue weighted by Gasteiger charge is -2.31. The highest BCUT2D eigenvalue weighted by atomic mass is 19.4. The third-order valence-corrected chi connectivity index (χ3v) is 4.22. The molecule has 1 aliphatic heterocycles. The second-order valence-electron chi connectivity index (χ2n) is 5.65. The predicted molar refractivity (Wildman–Crippen MR) is 78.7 cm³/mol. The van der Waals surface area contributed by atoms with Crippen molar-refractivity contribution in [1.29, 1.82) is 0 Å². The Morgan fingerprint density at radius 2 is 1.86 bits per heavy atom. The van der Waals surface area contributed by atoms with Gasteiger partial charge in [-0.25, -0.2) is 0 Å². The van der Waals surface area contributed by atoms with Crippen LogP contribution < -0.4 is 0 Å². The SMILES string of the molecule is CC(c1cccc(C(F)(F)F)c1)C1OCCc2ccccc21. The molecular weight excluding hydrogens is 289 g/mol. The Bertz CT molecular complexity index is 663. The molecule has 1 heterocycles. The van der Waals surface area contributed by atoms with Crippen molar-refractivity contribution in [2.75, 3.05) is 6.61 Å². The number of fused-ring (bicyclic) bond motifs is 1. The summed E-state index contributed by atoms with van der Waals surface area (Å²) in [6.07, 6.45) is -3.67. The highest BCUT2D eigenvalue weighted by Crippen LogP contribution is 2.39. The summed E-state index contributed by atoms with van der Waals surface area (Å²) in [5.41, 5.74) is 2.34. The maximum atomic E-state index is 12.9. The first-order valence-corrected chi connectivity index (χ1v) is 7.33. The molecule has 4 heteroatoms. The van der Waals surface area contributed by atoms with Gasteiger partial charge in [-0.05, 0) is 29.2 Å². The highest BCUT2D eigenvalue weighted by Gasteiger charge is 2.32. The maximum Gasteiger partial charge on any atom is 0.416 e. The van der Waals surface area contributed by atoms with E-state index in [0.717, 1.165) is 18.1 Å². The molecule has 0 aliphatic carbocycles. The van der Waals surface area contributed by atoms with Crippen LogP contribution in [0.25, 0.3) is 0 Å². The van der Waals surface area contributed by atoms with Gasteiger partial charge in [-0.1, -0.05) is 49.4 Å². The molecule has 2 unspecified atom stereocenters. The van der Waals surface area contributed by atoms with E-state index >= 15 is 0 Å². The zero-order valence-electron chi connectivity index (χ0n) is 12.2. The van der Waals surface area contributed by atoms with Crippen molar-refractivity contribution in [3.63, 3.8) is 0 Å². The molecule has 1 nitrogen and oxygen atoms in total. The van der Waals surface area contributed by atoms with Gasteiger partial charge < -0.3 is 4.74 Å². The minimum Gasteiger partial charge on any atom is -0.373 e. The maximum absolute atomic E-state index is 12.9. The first kappa shape index (κ1) is 15.1. The summed E-state index contributed by atoms with van der Waals surface area (Å²) in [6.45, 7) is 2.52. The Balaban J connectivity index is 1.94. The lowest BCUT2D eigenvalue weighted by molar-refractivity contribution is -0.137. The van der Waals surface area contributed by atoms with Gasteiger partial charge in [0, 0.05) is 5.92 Å². The number of hydrogen-bond donors (Lipinski definition) is 0. The Kier molecular flexibility index (Phi) is 3.96. The zero-order chi connectivity index (χ0) is 15.7. The van der Waals surface area contributed by atoms with E-state index in [2.05, 4.69) is 6.07 Å². The molecule has 2 aromatic carbocycles. The molecule has 0 N–H and O–H groups in total. The van der Waals surface area contributed by atoms with Gasteiger partial charge in [0.05, 0.1) is 18.3 Å². The zero-order valence-corrected chi connectivity index (χ0v) is 12.2. The van der Waals surface area contributed by atoms with Crippen molar-refractivity contribution in [1.82, 2.24) is 0 Å².